The number of hydrogen-bond acceptors (Lipinski definition) is 4. The molecule has 1 atom stereocenters. The summed E-state index contributed by atoms with van der Waals surface area (Å²) < 4.78 is 1.08. The van der Waals surface area contributed by atoms with Crippen LogP contribution in [0.2, 0.25) is 0 Å². The molecule has 3 aliphatic rings. The second kappa shape index (κ2) is 5.39. The van der Waals surface area contributed by atoms with Gasteiger partial charge in [0.25, 0.3) is 5.91 Å². The van der Waals surface area contributed by atoms with E-state index in [0.29, 0.717) is 5.56 Å². The molecule has 1 N–H and O–H groups in total. The third-order valence-electron chi connectivity index (χ3n) is 4.70. The van der Waals surface area contributed by atoms with E-state index in [1.165, 1.54) is 25.9 Å². The van der Waals surface area contributed by atoms with Crippen molar-refractivity contribution in [2.24, 2.45) is 5.92 Å². The molecule has 110 valence electrons. The molecule has 3 saturated heterocycles. The second-order valence-corrected chi connectivity index (χ2v) is 7.13. The van der Waals surface area contributed by atoms with Crippen LogP contribution in [0.4, 0.5) is 0 Å². The van der Waals surface area contributed by atoms with Gasteiger partial charge < -0.3 is 10.2 Å². The molecule has 21 heavy (non-hydrogen) atoms. The molecular formula is C16H19N3OS. The summed E-state index contributed by atoms with van der Waals surface area (Å²) in [5.74, 6) is 0.803. The summed E-state index contributed by atoms with van der Waals surface area (Å²) in [6.07, 6.45) is 5.39. The Hall–Kier alpha value is -1.46. The summed E-state index contributed by atoms with van der Waals surface area (Å²) in [6, 6.07) is 4.22. The molecule has 0 spiro atoms. The van der Waals surface area contributed by atoms with E-state index < -0.39 is 0 Å². The van der Waals surface area contributed by atoms with Gasteiger partial charge in [0.2, 0.25) is 0 Å². The minimum absolute atomic E-state index is 0.0188. The summed E-state index contributed by atoms with van der Waals surface area (Å²) in [7, 11) is 0. The average molecular weight is 301 g/mol. The number of thiophene rings is 1. The van der Waals surface area contributed by atoms with Gasteiger partial charge in [0.15, 0.2) is 0 Å². The van der Waals surface area contributed by atoms with Gasteiger partial charge in [-0.1, -0.05) is 0 Å². The van der Waals surface area contributed by atoms with Crippen LogP contribution in [0.25, 0.3) is 10.2 Å². The number of nitrogens with one attached hydrogen (secondary N) is 1. The summed E-state index contributed by atoms with van der Waals surface area (Å²) >= 11 is 1.63. The topological polar surface area (TPSA) is 45.2 Å². The van der Waals surface area contributed by atoms with Crippen LogP contribution in [0.15, 0.2) is 23.7 Å². The molecule has 5 heteroatoms. The Morgan fingerprint density at radius 3 is 3.10 bits per heavy atom. The van der Waals surface area contributed by atoms with Gasteiger partial charge >= 0.3 is 0 Å². The van der Waals surface area contributed by atoms with Crippen LogP contribution in [0, 0.1) is 5.92 Å². The third kappa shape index (κ3) is 2.68. The highest BCUT2D eigenvalue weighted by atomic mass is 32.1. The van der Waals surface area contributed by atoms with E-state index in [9.17, 15) is 4.79 Å². The van der Waals surface area contributed by atoms with Crippen LogP contribution in [-0.4, -0.2) is 41.5 Å². The summed E-state index contributed by atoms with van der Waals surface area (Å²) in [6.45, 7) is 3.39. The number of piperidine rings is 1. The molecular weight excluding hydrogens is 282 g/mol. The maximum Gasteiger partial charge on any atom is 0.253 e. The molecule has 2 bridgehead atoms. The Labute approximate surface area is 128 Å². The first-order valence-electron chi connectivity index (χ1n) is 7.64. The lowest BCUT2D eigenvalue weighted by Gasteiger charge is -2.26. The average Bonchev–Trinajstić information content (AvgIpc) is 2.78. The zero-order valence-corrected chi connectivity index (χ0v) is 12.7. The van der Waals surface area contributed by atoms with Crippen molar-refractivity contribution >= 4 is 27.5 Å². The van der Waals surface area contributed by atoms with Crippen molar-refractivity contribution < 1.29 is 4.79 Å². The fraction of sp³-hybridized carbons (Fsp3) is 0.500. The number of rotatable bonds is 2. The van der Waals surface area contributed by atoms with Gasteiger partial charge in [0, 0.05) is 18.8 Å². The van der Waals surface area contributed by atoms with Crippen molar-refractivity contribution in [3.8, 4) is 0 Å². The van der Waals surface area contributed by atoms with Gasteiger partial charge in [0.05, 0.1) is 15.8 Å². The Kier molecular flexibility index (Phi) is 3.39. The molecule has 4 nitrogen and oxygen atoms in total. The normalized spacial score (nSPS) is 28.5. The summed E-state index contributed by atoms with van der Waals surface area (Å²) in [5.41, 5.74) is 1.65. The maximum absolute atomic E-state index is 12.5. The summed E-state index contributed by atoms with van der Waals surface area (Å²) in [5, 5.41) is 5.23. The number of aromatic nitrogens is 1. The number of carbonyl (C=O) groups excluding carboxylic acids is 1. The van der Waals surface area contributed by atoms with Gasteiger partial charge in [-0.15, -0.1) is 11.3 Å². The lowest BCUT2D eigenvalue weighted by Crippen LogP contribution is -2.42. The Balaban J connectivity index is 1.49. The highest BCUT2D eigenvalue weighted by Gasteiger charge is 2.29. The second-order valence-electron chi connectivity index (χ2n) is 6.18. The number of amides is 1. The molecule has 0 saturated carbocycles. The van der Waals surface area contributed by atoms with E-state index in [1.807, 2.05) is 17.5 Å². The summed E-state index contributed by atoms with van der Waals surface area (Å²) in [4.78, 5) is 19.3. The predicted molar refractivity (Wildman–Crippen MR) is 84.7 cm³/mol. The van der Waals surface area contributed by atoms with Crippen LogP contribution in [0.5, 0.6) is 0 Å². The number of nitrogens with zero attached hydrogens (tertiary/aromatic N) is 2. The van der Waals surface area contributed by atoms with Crippen LogP contribution in [0.1, 0.15) is 29.6 Å². The smallest absolute Gasteiger partial charge is 0.253 e. The van der Waals surface area contributed by atoms with Crippen LogP contribution in [-0.2, 0) is 0 Å². The van der Waals surface area contributed by atoms with Crippen molar-refractivity contribution in [2.45, 2.75) is 25.3 Å². The molecule has 1 amide bonds. The monoisotopic (exact) mass is 301 g/mol. The lowest BCUT2D eigenvalue weighted by atomic mass is 9.94. The number of fused-ring (bicyclic) bond motifs is 5. The van der Waals surface area contributed by atoms with E-state index in [2.05, 4.69) is 15.2 Å². The Morgan fingerprint density at radius 1 is 1.38 bits per heavy atom. The fourth-order valence-corrected chi connectivity index (χ4v) is 4.32. The van der Waals surface area contributed by atoms with Crippen molar-refractivity contribution in [1.82, 2.24) is 15.2 Å². The van der Waals surface area contributed by atoms with Crippen molar-refractivity contribution in [3.63, 3.8) is 0 Å². The Morgan fingerprint density at radius 2 is 2.24 bits per heavy atom. The predicted octanol–water partition coefficient (Wildman–Crippen LogP) is 2.51. The minimum atomic E-state index is 0.0188. The first kappa shape index (κ1) is 13.2. The van der Waals surface area contributed by atoms with E-state index in [4.69, 9.17) is 0 Å². The van der Waals surface area contributed by atoms with Crippen molar-refractivity contribution in [1.29, 1.82) is 0 Å². The van der Waals surface area contributed by atoms with Gasteiger partial charge in [0.1, 0.15) is 0 Å². The quantitative estimate of drug-likeness (QED) is 0.927. The number of pyridine rings is 1. The zero-order valence-electron chi connectivity index (χ0n) is 11.9. The zero-order chi connectivity index (χ0) is 14.2. The van der Waals surface area contributed by atoms with E-state index >= 15 is 0 Å². The Bertz CT molecular complexity index is 646. The maximum atomic E-state index is 12.5. The molecule has 2 aromatic rings. The van der Waals surface area contributed by atoms with Gasteiger partial charge in [-0.25, -0.2) is 0 Å². The van der Waals surface area contributed by atoms with Crippen molar-refractivity contribution in [2.75, 3.05) is 19.6 Å². The first-order valence-corrected chi connectivity index (χ1v) is 8.52. The third-order valence-corrected chi connectivity index (χ3v) is 5.56. The molecule has 1 unspecified atom stereocenters. The van der Waals surface area contributed by atoms with Crippen LogP contribution < -0.4 is 5.32 Å². The molecule has 5 rings (SSSR count). The number of carbonyl (C=O) groups is 1. The van der Waals surface area contributed by atoms with Gasteiger partial charge in [-0.05, 0) is 55.8 Å². The SMILES string of the molecule is O=C(NC1CC2CCN(CC2)C1)c1cnc2ccsc2c1. The first-order chi connectivity index (χ1) is 10.3. The highest BCUT2D eigenvalue weighted by molar-refractivity contribution is 7.17. The van der Waals surface area contributed by atoms with E-state index in [-0.39, 0.29) is 11.9 Å². The van der Waals surface area contributed by atoms with E-state index in [1.54, 1.807) is 17.5 Å². The molecule has 5 heterocycles. The lowest BCUT2D eigenvalue weighted by molar-refractivity contribution is 0.0928. The molecule has 3 fully saturated rings. The van der Waals surface area contributed by atoms with Crippen LogP contribution >= 0.6 is 11.3 Å². The minimum Gasteiger partial charge on any atom is -0.348 e. The molecule has 0 radical (unpaired) electrons. The molecule has 0 aliphatic carbocycles. The van der Waals surface area contributed by atoms with Gasteiger partial charge in [-0.3, -0.25) is 9.78 Å². The number of hydrogen-bond donors (Lipinski definition) is 1. The fourth-order valence-electron chi connectivity index (χ4n) is 3.54. The van der Waals surface area contributed by atoms with Crippen LogP contribution in [0.3, 0.4) is 0 Å². The highest BCUT2D eigenvalue weighted by Crippen LogP contribution is 2.27. The molecule has 0 aromatic carbocycles. The molecule has 3 aliphatic heterocycles. The largest absolute Gasteiger partial charge is 0.348 e. The standard InChI is InChI=1S/C16H19N3OS/c20-16(12-8-15-14(17-9-12)3-6-21-15)18-13-7-11-1-4-19(10-13)5-2-11/h3,6,8-9,11,13H,1-2,4-5,7,10H2,(H,18,20). The molecule has 2 aromatic heterocycles. The van der Waals surface area contributed by atoms with Gasteiger partial charge in [-0.2, -0.15) is 0 Å². The van der Waals surface area contributed by atoms with E-state index in [0.717, 1.165) is 29.1 Å². The van der Waals surface area contributed by atoms with Crippen molar-refractivity contribution in [3.05, 3.63) is 29.3 Å².